The molecular weight excluding hydrogens is 418 g/mol. The minimum Gasteiger partial charge on any atom is -0.485 e. The van der Waals surface area contributed by atoms with Crippen LogP contribution in [0.3, 0.4) is 0 Å². The number of carbonyl (C=O) groups is 1. The highest BCUT2D eigenvalue weighted by atomic mass is 16.5. The number of hydrogen-bond acceptors (Lipinski definition) is 6. The van der Waals surface area contributed by atoms with Crippen LogP contribution in [0.15, 0.2) is 30.7 Å². The molecule has 0 saturated heterocycles. The lowest BCUT2D eigenvalue weighted by atomic mass is 10.0. The van der Waals surface area contributed by atoms with E-state index in [1.165, 1.54) is 0 Å². The molecule has 0 atom stereocenters. The van der Waals surface area contributed by atoms with Gasteiger partial charge in [0.2, 0.25) is 0 Å². The molecule has 170 valence electrons. The summed E-state index contributed by atoms with van der Waals surface area (Å²) in [7, 11) is 1.56. The number of methoxy groups -OCH3 is 1. The lowest BCUT2D eigenvalue weighted by Gasteiger charge is -2.18. The van der Waals surface area contributed by atoms with Crippen LogP contribution < -0.4 is 14.4 Å². The van der Waals surface area contributed by atoms with Crippen molar-refractivity contribution in [1.82, 2.24) is 19.7 Å². The van der Waals surface area contributed by atoms with Crippen LogP contribution in [-0.2, 0) is 12.1 Å². The maximum Gasteiger partial charge on any atom is 0.260 e. The number of terminal acetylenes is 1. The van der Waals surface area contributed by atoms with Gasteiger partial charge in [-0.3, -0.25) is 19.4 Å². The Morgan fingerprint density at radius 3 is 2.67 bits per heavy atom. The van der Waals surface area contributed by atoms with Gasteiger partial charge in [0.1, 0.15) is 5.54 Å². The second-order valence-electron chi connectivity index (χ2n) is 8.78. The minimum absolute atomic E-state index is 0.0304. The van der Waals surface area contributed by atoms with Crippen LogP contribution in [0.2, 0.25) is 0 Å². The summed E-state index contributed by atoms with van der Waals surface area (Å²) in [4.78, 5) is 24.1. The number of nitrogens with zero attached hydrogens (tertiary/aromatic N) is 5. The Bertz CT molecular complexity index is 1270. The Morgan fingerprint density at radius 2 is 2.00 bits per heavy atom. The third-order valence-electron chi connectivity index (χ3n) is 5.54. The van der Waals surface area contributed by atoms with E-state index >= 15 is 0 Å². The summed E-state index contributed by atoms with van der Waals surface area (Å²) >= 11 is 0. The van der Waals surface area contributed by atoms with Gasteiger partial charge in [-0.1, -0.05) is 5.92 Å². The summed E-state index contributed by atoms with van der Waals surface area (Å²) in [6.45, 7) is 9.93. The molecule has 1 aliphatic heterocycles. The lowest BCUT2D eigenvalue weighted by Crippen LogP contribution is -2.25. The molecule has 33 heavy (non-hydrogen) atoms. The lowest BCUT2D eigenvalue weighted by molar-refractivity contribution is 0.0996. The SMILES string of the molecule is C#CC(C)(C)n1cc(N2Cc3nc(-c4cnc(OC)c(OC(C)C)c4)cc(C)c3C2=O)cn1. The van der Waals surface area contributed by atoms with Gasteiger partial charge in [-0.05, 0) is 52.3 Å². The molecule has 0 aliphatic carbocycles. The van der Waals surface area contributed by atoms with Gasteiger partial charge in [0.25, 0.3) is 11.8 Å². The fourth-order valence-corrected chi connectivity index (χ4v) is 3.75. The van der Waals surface area contributed by atoms with Gasteiger partial charge in [0, 0.05) is 11.8 Å². The minimum atomic E-state index is -0.591. The fourth-order valence-electron chi connectivity index (χ4n) is 3.75. The maximum absolute atomic E-state index is 13.2. The second-order valence-corrected chi connectivity index (χ2v) is 8.78. The van der Waals surface area contributed by atoms with Crippen molar-refractivity contribution in [2.75, 3.05) is 12.0 Å². The van der Waals surface area contributed by atoms with E-state index < -0.39 is 5.54 Å². The molecule has 0 spiro atoms. The zero-order valence-electron chi connectivity index (χ0n) is 19.7. The molecule has 3 aromatic heterocycles. The van der Waals surface area contributed by atoms with Gasteiger partial charge < -0.3 is 9.47 Å². The van der Waals surface area contributed by atoms with Crippen LogP contribution in [0.25, 0.3) is 11.3 Å². The Morgan fingerprint density at radius 1 is 1.24 bits per heavy atom. The Kier molecular flexibility index (Phi) is 5.58. The molecule has 4 rings (SSSR count). The topological polar surface area (TPSA) is 82.4 Å². The molecule has 3 aromatic rings. The van der Waals surface area contributed by atoms with Crippen molar-refractivity contribution >= 4 is 11.6 Å². The van der Waals surface area contributed by atoms with Gasteiger partial charge in [0.05, 0.1) is 54.8 Å². The van der Waals surface area contributed by atoms with Gasteiger partial charge in [-0.2, -0.15) is 5.10 Å². The number of anilines is 1. The van der Waals surface area contributed by atoms with Gasteiger partial charge >= 0.3 is 0 Å². The van der Waals surface area contributed by atoms with E-state index in [1.807, 2.05) is 46.8 Å². The standard InChI is InChI=1S/C25H27N5O3/c1-8-25(5,6)30-13-18(12-27-30)29-14-20-22(24(29)31)16(4)9-19(28-20)17-10-21(33-15(2)3)23(32-7)26-11-17/h1,9-13,15H,14H2,2-7H3. The normalized spacial score (nSPS) is 13.3. The van der Waals surface area contributed by atoms with Crippen LogP contribution in [0.5, 0.6) is 11.6 Å². The number of rotatable bonds is 6. The van der Waals surface area contributed by atoms with E-state index in [0.717, 1.165) is 11.1 Å². The fraction of sp³-hybridized carbons (Fsp3) is 0.360. The van der Waals surface area contributed by atoms with Gasteiger partial charge in [-0.15, -0.1) is 6.42 Å². The maximum atomic E-state index is 13.2. The van der Waals surface area contributed by atoms with Crippen molar-refractivity contribution < 1.29 is 14.3 Å². The molecular formula is C25H27N5O3. The quantitative estimate of drug-likeness (QED) is 0.534. The van der Waals surface area contributed by atoms with Crippen LogP contribution >= 0.6 is 0 Å². The number of aryl methyl sites for hydroxylation is 1. The molecule has 8 heteroatoms. The first-order valence-electron chi connectivity index (χ1n) is 10.7. The van der Waals surface area contributed by atoms with Crippen molar-refractivity contribution in [2.24, 2.45) is 0 Å². The summed E-state index contributed by atoms with van der Waals surface area (Å²) in [6, 6.07) is 3.76. The van der Waals surface area contributed by atoms with Crippen molar-refractivity contribution in [2.45, 2.75) is 52.8 Å². The van der Waals surface area contributed by atoms with E-state index in [0.29, 0.717) is 40.8 Å². The number of ether oxygens (including phenoxy) is 2. The van der Waals surface area contributed by atoms with Crippen LogP contribution in [0, 0.1) is 19.3 Å². The number of carbonyl (C=O) groups excluding carboxylic acids is 1. The van der Waals surface area contributed by atoms with E-state index in [9.17, 15) is 4.79 Å². The average molecular weight is 446 g/mol. The number of hydrogen-bond donors (Lipinski definition) is 0. The summed E-state index contributed by atoms with van der Waals surface area (Å²) in [5, 5.41) is 4.36. The average Bonchev–Trinajstić information content (AvgIpc) is 3.39. The Balaban J connectivity index is 1.69. The summed E-state index contributed by atoms with van der Waals surface area (Å²) < 4.78 is 12.9. The van der Waals surface area contributed by atoms with E-state index in [1.54, 1.807) is 35.3 Å². The molecule has 0 aromatic carbocycles. The Labute approximate surface area is 193 Å². The molecule has 0 bridgehead atoms. The van der Waals surface area contributed by atoms with E-state index in [4.69, 9.17) is 20.9 Å². The second kappa shape index (κ2) is 8.24. The van der Waals surface area contributed by atoms with E-state index in [2.05, 4.69) is 16.0 Å². The highest BCUT2D eigenvalue weighted by Gasteiger charge is 2.33. The zero-order chi connectivity index (χ0) is 23.9. The number of fused-ring (bicyclic) bond motifs is 1. The third-order valence-corrected chi connectivity index (χ3v) is 5.54. The molecule has 1 amide bonds. The number of amides is 1. The van der Waals surface area contributed by atoms with Crippen molar-refractivity contribution in [3.05, 3.63) is 47.5 Å². The Hall–Kier alpha value is -3.86. The summed E-state index contributed by atoms with van der Waals surface area (Å²) in [6.07, 6.45) is 10.7. The monoisotopic (exact) mass is 445 g/mol. The smallest absolute Gasteiger partial charge is 0.260 e. The number of aromatic nitrogens is 4. The zero-order valence-corrected chi connectivity index (χ0v) is 19.7. The van der Waals surface area contributed by atoms with Gasteiger partial charge in [0.15, 0.2) is 5.75 Å². The number of pyridine rings is 2. The van der Waals surface area contributed by atoms with E-state index in [-0.39, 0.29) is 12.0 Å². The highest BCUT2D eigenvalue weighted by Crippen LogP contribution is 2.34. The molecule has 1 aliphatic rings. The first kappa shape index (κ1) is 22.3. The van der Waals surface area contributed by atoms with Crippen molar-refractivity contribution in [3.8, 4) is 35.2 Å². The van der Waals surface area contributed by atoms with Crippen molar-refractivity contribution in [1.29, 1.82) is 0 Å². The largest absolute Gasteiger partial charge is 0.485 e. The molecule has 0 N–H and O–H groups in total. The van der Waals surface area contributed by atoms with Crippen LogP contribution in [0.1, 0.15) is 49.3 Å². The molecule has 0 unspecified atom stereocenters. The third kappa shape index (κ3) is 4.02. The summed E-state index contributed by atoms with van der Waals surface area (Å²) in [5.74, 6) is 3.57. The molecule has 0 radical (unpaired) electrons. The summed E-state index contributed by atoms with van der Waals surface area (Å²) in [5.41, 5.74) is 3.76. The van der Waals surface area contributed by atoms with Crippen LogP contribution in [-0.4, -0.2) is 38.9 Å². The first-order chi connectivity index (χ1) is 15.6. The predicted octanol–water partition coefficient (Wildman–Crippen LogP) is 3.97. The van der Waals surface area contributed by atoms with Gasteiger partial charge in [-0.25, -0.2) is 4.98 Å². The predicted molar refractivity (Wildman–Crippen MR) is 125 cm³/mol. The highest BCUT2D eigenvalue weighted by molar-refractivity contribution is 6.10. The van der Waals surface area contributed by atoms with Crippen molar-refractivity contribution in [3.63, 3.8) is 0 Å². The molecule has 4 heterocycles. The molecule has 0 saturated carbocycles. The first-order valence-corrected chi connectivity index (χ1v) is 10.7. The van der Waals surface area contributed by atoms with Crippen LogP contribution in [0.4, 0.5) is 5.69 Å². The molecule has 0 fully saturated rings. The molecule has 8 nitrogen and oxygen atoms in total.